The first-order valence-corrected chi connectivity index (χ1v) is 5.98. The molecule has 0 saturated carbocycles. The number of ether oxygens (including phenoxy) is 1. The van der Waals surface area contributed by atoms with Gasteiger partial charge in [0.15, 0.2) is 11.6 Å². The number of hydrogen-bond donors (Lipinski definition) is 1. The Labute approximate surface area is 111 Å². The van der Waals surface area contributed by atoms with E-state index in [9.17, 15) is 0 Å². The Balaban J connectivity index is 1.96. The van der Waals surface area contributed by atoms with Gasteiger partial charge in [0.25, 0.3) is 0 Å². The minimum atomic E-state index is 0.660. The van der Waals surface area contributed by atoms with E-state index in [1.54, 1.807) is 13.3 Å². The van der Waals surface area contributed by atoms with E-state index >= 15 is 0 Å². The number of nitrogens with zero attached hydrogens (tertiary/aromatic N) is 2. The second-order valence-electron chi connectivity index (χ2n) is 4.07. The van der Waals surface area contributed by atoms with Crippen LogP contribution in [0.25, 0.3) is 10.9 Å². The van der Waals surface area contributed by atoms with Gasteiger partial charge in [-0.15, -0.1) is 0 Å². The van der Waals surface area contributed by atoms with Crippen molar-refractivity contribution in [3.63, 3.8) is 0 Å². The molecule has 1 N–H and O–H groups in total. The lowest BCUT2D eigenvalue weighted by atomic mass is 10.2. The molecule has 0 atom stereocenters. The van der Waals surface area contributed by atoms with Gasteiger partial charge in [-0.1, -0.05) is 18.2 Å². The van der Waals surface area contributed by atoms with E-state index in [0.29, 0.717) is 11.6 Å². The fourth-order valence-corrected chi connectivity index (χ4v) is 1.91. The second kappa shape index (κ2) is 4.94. The highest BCUT2D eigenvalue weighted by Crippen LogP contribution is 2.24. The average molecular weight is 251 g/mol. The number of fused-ring (bicyclic) bond motifs is 1. The lowest BCUT2D eigenvalue weighted by Crippen LogP contribution is -1.98. The summed E-state index contributed by atoms with van der Waals surface area (Å²) in [6.07, 6.45) is 1.71. The normalized spacial score (nSPS) is 10.4. The van der Waals surface area contributed by atoms with Crippen LogP contribution in [0.5, 0.6) is 5.75 Å². The summed E-state index contributed by atoms with van der Waals surface area (Å²) in [4.78, 5) is 8.79. The minimum absolute atomic E-state index is 0.660. The molecule has 4 heteroatoms. The van der Waals surface area contributed by atoms with Gasteiger partial charge in [0.1, 0.15) is 5.82 Å². The third kappa shape index (κ3) is 2.33. The molecule has 3 aromatic rings. The summed E-state index contributed by atoms with van der Waals surface area (Å²) >= 11 is 0. The number of benzene rings is 1. The Morgan fingerprint density at radius 3 is 2.79 bits per heavy atom. The van der Waals surface area contributed by atoms with Crippen LogP contribution in [0.1, 0.15) is 0 Å². The summed E-state index contributed by atoms with van der Waals surface area (Å²) in [6, 6.07) is 15.6. The first-order valence-electron chi connectivity index (χ1n) is 5.98. The maximum Gasteiger partial charge on any atom is 0.174 e. The Morgan fingerprint density at radius 2 is 1.89 bits per heavy atom. The monoisotopic (exact) mass is 251 g/mol. The molecule has 0 aliphatic rings. The summed E-state index contributed by atoms with van der Waals surface area (Å²) in [5.41, 5.74) is 0.947. The van der Waals surface area contributed by atoms with Gasteiger partial charge < -0.3 is 10.1 Å². The van der Waals surface area contributed by atoms with Crippen LogP contribution < -0.4 is 10.1 Å². The van der Waals surface area contributed by atoms with Crippen LogP contribution in [0.15, 0.2) is 54.7 Å². The SMILES string of the molecule is COc1cccnc1Nc1ccc2ccccc2n1. The van der Waals surface area contributed by atoms with Gasteiger partial charge in [-0.3, -0.25) is 0 Å². The van der Waals surface area contributed by atoms with Crippen LogP contribution in [-0.2, 0) is 0 Å². The second-order valence-corrected chi connectivity index (χ2v) is 4.07. The Hall–Kier alpha value is -2.62. The lowest BCUT2D eigenvalue weighted by Gasteiger charge is -2.09. The zero-order valence-electron chi connectivity index (χ0n) is 10.5. The van der Waals surface area contributed by atoms with Crippen molar-refractivity contribution in [2.45, 2.75) is 0 Å². The van der Waals surface area contributed by atoms with Gasteiger partial charge >= 0.3 is 0 Å². The van der Waals surface area contributed by atoms with Crippen molar-refractivity contribution in [3.05, 3.63) is 54.7 Å². The number of aromatic nitrogens is 2. The van der Waals surface area contributed by atoms with E-state index in [1.807, 2.05) is 48.5 Å². The summed E-state index contributed by atoms with van der Waals surface area (Å²) in [7, 11) is 1.62. The summed E-state index contributed by atoms with van der Waals surface area (Å²) in [6.45, 7) is 0. The summed E-state index contributed by atoms with van der Waals surface area (Å²) in [5, 5.41) is 4.28. The zero-order valence-corrected chi connectivity index (χ0v) is 10.5. The van der Waals surface area contributed by atoms with Crippen LogP contribution in [-0.4, -0.2) is 17.1 Å². The summed E-state index contributed by atoms with van der Waals surface area (Å²) < 4.78 is 5.25. The van der Waals surface area contributed by atoms with Crippen molar-refractivity contribution in [2.24, 2.45) is 0 Å². The molecule has 0 aliphatic carbocycles. The predicted molar refractivity (Wildman–Crippen MR) is 75.8 cm³/mol. The molecule has 19 heavy (non-hydrogen) atoms. The maximum atomic E-state index is 5.25. The number of pyridine rings is 2. The third-order valence-corrected chi connectivity index (χ3v) is 2.84. The van der Waals surface area contributed by atoms with E-state index in [-0.39, 0.29) is 0 Å². The van der Waals surface area contributed by atoms with Gasteiger partial charge in [-0.05, 0) is 30.3 Å². The number of nitrogens with one attached hydrogen (secondary N) is 1. The molecule has 0 unspecified atom stereocenters. The van der Waals surface area contributed by atoms with Crippen LogP contribution in [0.4, 0.5) is 11.6 Å². The van der Waals surface area contributed by atoms with E-state index in [0.717, 1.165) is 16.7 Å². The molecule has 0 aliphatic heterocycles. The molecule has 0 fully saturated rings. The summed E-state index contributed by atoms with van der Waals surface area (Å²) in [5.74, 6) is 2.10. The lowest BCUT2D eigenvalue weighted by molar-refractivity contribution is 0.415. The van der Waals surface area contributed by atoms with E-state index in [1.165, 1.54) is 0 Å². The van der Waals surface area contributed by atoms with Crippen molar-refractivity contribution in [1.82, 2.24) is 9.97 Å². The molecule has 2 heterocycles. The van der Waals surface area contributed by atoms with Crippen molar-refractivity contribution in [3.8, 4) is 5.75 Å². The Kier molecular flexibility index (Phi) is 2.98. The standard InChI is InChI=1S/C15H13N3O/c1-19-13-7-4-10-16-15(13)18-14-9-8-11-5-2-3-6-12(11)17-14/h2-10H,1H3,(H,16,17,18). The zero-order chi connectivity index (χ0) is 13.1. The van der Waals surface area contributed by atoms with Crippen LogP contribution in [0.3, 0.4) is 0 Å². The van der Waals surface area contributed by atoms with Gasteiger partial charge in [0.05, 0.1) is 12.6 Å². The molecule has 4 nitrogen and oxygen atoms in total. The molecule has 0 saturated heterocycles. The molecule has 2 aromatic heterocycles. The van der Waals surface area contributed by atoms with Gasteiger partial charge in [0, 0.05) is 11.6 Å². The number of para-hydroxylation sites is 1. The van der Waals surface area contributed by atoms with Crippen molar-refractivity contribution in [1.29, 1.82) is 0 Å². The smallest absolute Gasteiger partial charge is 0.174 e. The molecule has 0 spiro atoms. The largest absolute Gasteiger partial charge is 0.493 e. The van der Waals surface area contributed by atoms with E-state index in [4.69, 9.17) is 4.74 Å². The number of rotatable bonds is 3. The molecular formula is C15H13N3O. The molecule has 3 rings (SSSR count). The Bertz CT molecular complexity index is 712. The molecular weight excluding hydrogens is 238 g/mol. The molecule has 0 radical (unpaired) electrons. The van der Waals surface area contributed by atoms with Gasteiger partial charge in [-0.25, -0.2) is 9.97 Å². The highest BCUT2D eigenvalue weighted by Gasteiger charge is 2.04. The number of hydrogen-bond acceptors (Lipinski definition) is 4. The average Bonchev–Trinajstić information content (AvgIpc) is 2.48. The molecule has 1 aromatic carbocycles. The molecule has 0 amide bonds. The fourth-order valence-electron chi connectivity index (χ4n) is 1.91. The van der Waals surface area contributed by atoms with Crippen molar-refractivity contribution >= 4 is 22.5 Å². The predicted octanol–water partition coefficient (Wildman–Crippen LogP) is 3.38. The third-order valence-electron chi connectivity index (χ3n) is 2.84. The topological polar surface area (TPSA) is 47.0 Å². The number of methoxy groups -OCH3 is 1. The molecule has 94 valence electrons. The van der Waals surface area contributed by atoms with Gasteiger partial charge in [0.2, 0.25) is 0 Å². The van der Waals surface area contributed by atoms with E-state index < -0.39 is 0 Å². The van der Waals surface area contributed by atoms with Crippen LogP contribution in [0.2, 0.25) is 0 Å². The first-order chi connectivity index (χ1) is 9.36. The van der Waals surface area contributed by atoms with Crippen molar-refractivity contribution in [2.75, 3.05) is 12.4 Å². The fraction of sp³-hybridized carbons (Fsp3) is 0.0667. The van der Waals surface area contributed by atoms with Crippen LogP contribution >= 0.6 is 0 Å². The first kappa shape index (κ1) is 11.5. The maximum absolute atomic E-state index is 5.25. The van der Waals surface area contributed by atoms with Crippen LogP contribution in [0, 0.1) is 0 Å². The highest BCUT2D eigenvalue weighted by atomic mass is 16.5. The quantitative estimate of drug-likeness (QED) is 0.775. The highest BCUT2D eigenvalue weighted by molar-refractivity contribution is 5.80. The minimum Gasteiger partial charge on any atom is -0.493 e. The Morgan fingerprint density at radius 1 is 1.00 bits per heavy atom. The van der Waals surface area contributed by atoms with Gasteiger partial charge in [-0.2, -0.15) is 0 Å². The number of anilines is 2. The molecule has 0 bridgehead atoms. The van der Waals surface area contributed by atoms with Crippen molar-refractivity contribution < 1.29 is 4.74 Å². The van der Waals surface area contributed by atoms with E-state index in [2.05, 4.69) is 15.3 Å².